The Labute approximate surface area is 268 Å². The monoisotopic (exact) mass is 628 g/mol. The molecule has 2 N–H and O–H groups in total. The third kappa shape index (κ3) is 6.99. The Bertz CT molecular complexity index is 1560. The van der Waals surface area contributed by atoms with Crippen LogP contribution in [0.25, 0.3) is 0 Å². The number of amides is 1. The summed E-state index contributed by atoms with van der Waals surface area (Å²) in [5.74, 6) is 0.580. The summed E-state index contributed by atoms with van der Waals surface area (Å²) in [7, 11) is 0. The number of nitrogens with one attached hydrogen (secondary N) is 1. The maximum Gasteiger partial charge on any atom is 0.252 e. The normalized spacial score (nSPS) is 17.5. The molecule has 1 aliphatic heterocycles. The minimum Gasteiger partial charge on any atom is -0.494 e. The number of aliphatic hydroxyl groups is 1. The molecule has 6 nitrogen and oxygen atoms in total. The third-order valence-corrected chi connectivity index (χ3v) is 8.16. The zero-order chi connectivity index (χ0) is 30.9. The highest BCUT2D eigenvalue weighted by Gasteiger charge is 2.53. The lowest BCUT2D eigenvalue weighted by Crippen LogP contribution is -2.49. The van der Waals surface area contributed by atoms with Gasteiger partial charge < -0.3 is 19.9 Å². The maximum absolute atomic E-state index is 14.4. The largest absolute Gasteiger partial charge is 0.494 e. The van der Waals surface area contributed by atoms with Crippen molar-refractivity contribution >= 4 is 35.0 Å². The number of hydrogen-bond acceptors (Lipinski definition) is 5. The van der Waals surface area contributed by atoms with Crippen molar-refractivity contribution in [3.05, 3.63) is 148 Å². The molecule has 44 heavy (non-hydrogen) atoms. The fraction of sp³-hybridized carbons (Fsp3) is 0.222. The Balaban J connectivity index is 1.50. The van der Waals surface area contributed by atoms with Gasteiger partial charge in [-0.2, -0.15) is 0 Å². The summed E-state index contributed by atoms with van der Waals surface area (Å²) < 4.78 is 12.2. The number of aliphatic imine (C=N–C) groups is 1. The molecule has 0 radical (unpaired) electrons. The average molecular weight is 630 g/mol. The van der Waals surface area contributed by atoms with E-state index in [1.807, 2.05) is 48.5 Å². The quantitative estimate of drug-likeness (QED) is 0.118. The Kier molecular flexibility index (Phi) is 10.4. The fourth-order valence-electron chi connectivity index (χ4n) is 5.37. The SMILES string of the molecule is C=CC[C@@]1(C(=O)NCC(c2ccccc2)c2ccccc2)N=C(c2ccc(OCCCO)cc2)O[C@@H]1c1ccc(Cl)cc1Cl. The van der Waals surface area contributed by atoms with Gasteiger partial charge in [-0.1, -0.05) is 96.0 Å². The summed E-state index contributed by atoms with van der Waals surface area (Å²) >= 11 is 12.9. The third-order valence-electron chi connectivity index (χ3n) is 7.60. The molecule has 226 valence electrons. The van der Waals surface area contributed by atoms with Gasteiger partial charge in [0.15, 0.2) is 11.6 Å². The summed E-state index contributed by atoms with van der Waals surface area (Å²) in [5, 5.41) is 13.1. The van der Waals surface area contributed by atoms with E-state index in [4.69, 9.17) is 42.8 Å². The van der Waals surface area contributed by atoms with E-state index in [-0.39, 0.29) is 24.9 Å². The topological polar surface area (TPSA) is 80.2 Å². The van der Waals surface area contributed by atoms with Crippen LogP contribution in [-0.2, 0) is 9.53 Å². The molecule has 0 spiro atoms. The molecule has 0 bridgehead atoms. The molecule has 0 fully saturated rings. The minimum atomic E-state index is -1.39. The molecular weight excluding hydrogens is 595 g/mol. The Morgan fingerprint density at radius 3 is 2.25 bits per heavy atom. The minimum absolute atomic E-state index is 0.0578. The van der Waals surface area contributed by atoms with Crippen molar-refractivity contribution in [1.82, 2.24) is 5.32 Å². The van der Waals surface area contributed by atoms with Gasteiger partial charge in [0.05, 0.1) is 6.61 Å². The fourth-order valence-corrected chi connectivity index (χ4v) is 5.88. The molecular formula is C36H34Cl2N2O4. The molecule has 0 aliphatic carbocycles. The van der Waals surface area contributed by atoms with Crippen molar-refractivity contribution in [1.29, 1.82) is 0 Å². The van der Waals surface area contributed by atoms with Crippen LogP contribution >= 0.6 is 23.2 Å². The van der Waals surface area contributed by atoms with Gasteiger partial charge in [-0.25, -0.2) is 4.99 Å². The van der Waals surface area contributed by atoms with Crippen LogP contribution in [0.1, 0.15) is 47.1 Å². The van der Waals surface area contributed by atoms with E-state index < -0.39 is 11.6 Å². The predicted molar refractivity (Wildman–Crippen MR) is 176 cm³/mol. The lowest BCUT2D eigenvalue weighted by molar-refractivity contribution is -0.128. The molecule has 0 saturated carbocycles. The van der Waals surface area contributed by atoms with Crippen LogP contribution < -0.4 is 10.1 Å². The lowest BCUT2D eigenvalue weighted by Gasteiger charge is -2.31. The first kappa shape index (κ1) is 31.3. The number of carbonyl (C=O) groups excluding carboxylic acids is 1. The number of aliphatic hydroxyl groups excluding tert-OH is 1. The van der Waals surface area contributed by atoms with Crippen LogP contribution in [0.5, 0.6) is 5.75 Å². The van der Waals surface area contributed by atoms with Crippen LogP contribution in [0.3, 0.4) is 0 Å². The van der Waals surface area contributed by atoms with Crippen molar-refractivity contribution < 1.29 is 19.4 Å². The second-order valence-electron chi connectivity index (χ2n) is 10.5. The number of benzene rings is 4. The van der Waals surface area contributed by atoms with Gasteiger partial charge in [0.25, 0.3) is 5.91 Å². The Morgan fingerprint density at radius 1 is 1.00 bits per heavy atom. The number of ether oxygens (including phenoxy) is 2. The predicted octanol–water partition coefficient (Wildman–Crippen LogP) is 7.54. The lowest BCUT2D eigenvalue weighted by atomic mass is 9.84. The van der Waals surface area contributed by atoms with Crippen LogP contribution in [0.4, 0.5) is 0 Å². The molecule has 0 unspecified atom stereocenters. The van der Waals surface area contributed by atoms with E-state index in [0.717, 1.165) is 11.1 Å². The summed E-state index contributed by atoms with van der Waals surface area (Å²) in [5.41, 5.74) is 2.06. The van der Waals surface area contributed by atoms with Crippen molar-refractivity contribution in [2.24, 2.45) is 4.99 Å². The smallest absolute Gasteiger partial charge is 0.252 e. The van der Waals surface area contributed by atoms with E-state index in [1.54, 1.807) is 36.4 Å². The zero-order valence-electron chi connectivity index (χ0n) is 24.2. The first-order valence-corrected chi connectivity index (χ1v) is 15.3. The van der Waals surface area contributed by atoms with Gasteiger partial charge in [0.2, 0.25) is 5.90 Å². The van der Waals surface area contributed by atoms with Gasteiger partial charge in [-0.05, 0) is 47.5 Å². The molecule has 0 aromatic heterocycles. The molecule has 4 aromatic carbocycles. The Morgan fingerprint density at radius 2 is 1.66 bits per heavy atom. The zero-order valence-corrected chi connectivity index (χ0v) is 25.7. The van der Waals surface area contributed by atoms with Crippen molar-refractivity contribution in [3.63, 3.8) is 0 Å². The highest BCUT2D eigenvalue weighted by molar-refractivity contribution is 6.35. The molecule has 4 aromatic rings. The molecule has 1 heterocycles. The van der Waals surface area contributed by atoms with Gasteiger partial charge >= 0.3 is 0 Å². The second kappa shape index (κ2) is 14.6. The van der Waals surface area contributed by atoms with Gasteiger partial charge in [0, 0.05) is 53.1 Å². The summed E-state index contributed by atoms with van der Waals surface area (Å²) in [6.45, 7) is 4.76. The number of hydrogen-bond donors (Lipinski definition) is 2. The van der Waals surface area contributed by atoms with Gasteiger partial charge in [-0.15, -0.1) is 6.58 Å². The maximum atomic E-state index is 14.4. The molecule has 0 saturated heterocycles. The number of nitrogens with zero attached hydrogens (tertiary/aromatic N) is 1. The molecule has 1 amide bonds. The van der Waals surface area contributed by atoms with E-state index in [1.165, 1.54) is 0 Å². The van der Waals surface area contributed by atoms with Crippen molar-refractivity contribution in [2.45, 2.75) is 30.4 Å². The molecule has 1 aliphatic rings. The summed E-state index contributed by atoms with van der Waals surface area (Å²) in [4.78, 5) is 19.4. The first-order chi connectivity index (χ1) is 21.4. The summed E-state index contributed by atoms with van der Waals surface area (Å²) in [6.07, 6.45) is 1.58. The molecule has 2 atom stereocenters. The van der Waals surface area contributed by atoms with Gasteiger partial charge in [-0.3, -0.25) is 4.79 Å². The number of rotatable bonds is 13. The average Bonchev–Trinajstić information content (AvgIpc) is 3.43. The van der Waals surface area contributed by atoms with E-state index >= 15 is 0 Å². The first-order valence-electron chi connectivity index (χ1n) is 14.5. The standard InChI is InChI=1S/C36H34Cl2N2O4/c1-2-20-36(35(42)39-24-31(25-10-5-3-6-11-25)26-12-7-4-8-13-26)33(30-19-16-28(37)23-32(30)38)44-34(40-36)27-14-17-29(18-15-27)43-22-9-21-41/h2-8,10-19,23,31,33,41H,1,9,20-22,24H2,(H,39,42)/t33-,36-/m1/s1. The highest BCUT2D eigenvalue weighted by Crippen LogP contribution is 2.45. The Hall–Kier alpha value is -4.10. The van der Waals surface area contributed by atoms with Gasteiger partial charge in [0.1, 0.15) is 5.75 Å². The number of halogens is 2. The van der Waals surface area contributed by atoms with E-state index in [9.17, 15) is 4.79 Å². The molecule has 8 heteroatoms. The van der Waals surface area contributed by atoms with Crippen LogP contribution in [0, 0.1) is 0 Å². The van der Waals surface area contributed by atoms with Crippen molar-refractivity contribution in [2.75, 3.05) is 19.8 Å². The second-order valence-corrected chi connectivity index (χ2v) is 11.4. The molecule has 5 rings (SSSR count). The summed E-state index contributed by atoms with van der Waals surface area (Å²) in [6, 6.07) is 32.6. The highest BCUT2D eigenvalue weighted by atomic mass is 35.5. The van der Waals surface area contributed by atoms with E-state index in [2.05, 4.69) is 36.2 Å². The van der Waals surface area contributed by atoms with Crippen LogP contribution in [0.15, 0.2) is 121 Å². The van der Waals surface area contributed by atoms with Crippen LogP contribution in [0.2, 0.25) is 10.0 Å². The van der Waals surface area contributed by atoms with E-state index in [0.29, 0.717) is 52.4 Å². The number of carbonyl (C=O) groups is 1. The van der Waals surface area contributed by atoms with Crippen LogP contribution in [-0.4, -0.2) is 42.2 Å². The van der Waals surface area contributed by atoms with Crippen molar-refractivity contribution in [3.8, 4) is 5.75 Å².